The summed E-state index contributed by atoms with van der Waals surface area (Å²) >= 11 is 0. The molecule has 18 heavy (non-hydrogen) atoms. The number of aliphatic hydroxyl groups is 1. The second-order valence-corrected chi connectivity index (χ2v) is 5.18. The number of hydrogen-bond donors (Lipinski definition) is 4. The minimum atomic E-state index is -1.20. The molecule has 0 heterocycles. The van der Waals surface area contributed by atoms with Crippen molar-refractivity contribution in [3.8, 4) is 5.75 Å². The Balaban J connectivity index is 3.37. The van der Waals surface area contributed by atoms with Gasteiger partial charge in [-0.3, -0.25) is 0 Å². The fourth-order valence-electron chi connectivity index (χ4n) is 1.73. The van der Waals surface area contributed by atoms with Gasteiger partial charge in [0, 0.05) is 23.6 Å². The fraction of sp³-hybridized carbons (Fsp3) is 0.462. The molecule has 5 nitrogen and oxygen atoms in total. The molecule has 0 saturated carbocycles. The Bertz CT molecular complexity index is 468. The van der Waals surface area contributed by atoms with Gasteiger partial charge in [0.25, 0.3) is 0 Å². The topological polar surface area (TPSA) is 104 Å². The summed E-state index contributed by atoms with van der Waals surface area (Å²) in [5, 5.41) is 28.3. The van der Waals surface area contributed by atoms with Gasteiger partial charge in [0.15, 0.2) is 0 Å². The van der Waals surface area contributed by atoms with Gasteiger partial charge in [-0.15, -0.1) is 0 Å². The van der Waals surface area contributed by atoms with Gasteiger partial charge < -0.3 is 21.1 Å². The number of aromatic hydroxyl groups is 1. The second kappa shape index (κ2) is 4.96. The Morgan fingerprint density at radius 1 is 1.44 bits per heavy atom. The van der Waals surface area contributed by atoms with Gasteiger partial charge in [0.1, 0.15) is 11.3 Å². The molecular weight excluding hydrogens is 234 g/mol. The number of rotatable bonds is 4. The van der Waals surface area contributed by atoms with Crippen molar-refractivity contribution in [3.63, 3.8) is 0 Å². The highest BCUT2D eigenvalue weighted by Crippen LogP contribution is 2.37. The Hall–Kier alpha value is -1.59. The quantitative estimate of drug-likeness (QED) is 0.649. The van der Waals surface area contributed by atoms with E-state index in [1.807, 2.05) is 0 Å². The van der Waals surface area contributed by atoms with Gasteiger partial charge in [0.05, 0.1) is 0 Å². The SMILES string of the molecule is Cc1cc(C(=O)O)c(O)c([C@H](N)C(C)(C)CO)c1. The van der Waals surface area contributed by atoms with E-state index in [4.69, 9.17) is 10.8 Å². The predicted molar refractivity (Wildman–Crippen MR) is 67.6 cm³/mol. The lowest BCUT2D eigenvalue weighted by atomic mass is 9.80. The third kappa shape index (κ3) is 2.63. The van der Waals surface area contributed by atoms with Crippen molar-refractivity contribution >= 4 is 5.97 Å². The van der Waals surface area contributed by atoms with E-state index in [0.717, 1.165) is 0 Å². The van der Waals surface area contributed by atoms with Gasteiger partial charge in [-0.05, 0) is 18.6 Å². The highest BCUT2D eigenvalue weighted by atomic mass is 16.4. The fourth-order valence-corrected chi connectivity index (χ4v) is 1.73. The van der Waals surface area contributed by atoms with Gasteiger partial charge >= 0.3 is 5.97 Å². The van der Waals surface area contributed by atoms with Crippen LogP contribution in [0.2, 0.25) is 0 Å². The zero-order chi connectivity index (χ0) is 14.1. The smallest absolute Gasteiger partial charge is 0.339 e. The molecule has 0 fully saturated rings. The number of carboxylic acids is 1. The zero-order valence-electron chi connectivity index (χ0n) is 10.8. The van der Waals surface area contributed by atoms with Crippen LogP contribution in [0.1, 0.15) is 41.4 Å². The molecule has 0 unspecified atom stereocenters. The summed E-state index contributed by atoms with van der Waals surface area (Å²) in [7, 11) is 0. The van der Waals surface area contributed by atoms with Crippen molar-refractivity contribution in [1.82, 2.24) is 0 Å². The van der Waals surface area contributed by atoms with Crippen molar-refractivity contribution in [2.75, 3.05) is 6.61 Å². The van der Waals surface area contributed by atoms with Crippen LogP contribution >= 0.6 is 0 Å². The number of carboxylic acid groups (broad SMARTS) is 1. The maximum atomic E-state index is 11.0. The number of carbonyl (C=O) groups is 1. The van der Waals surface area contributed by atoms with Crippen LogP contribution in [0.4, 0.5) is 0 Å². The lowest BCUT2D eigenvalue weighted by molar-refractivity contribution is 0.0693. The number of nitrogens with two attached hydrogens (primary N) is 1. The minimum absolute atomic E-state index is 0.163. The number of aliphatic hydroxyl groups excluding tert-OH is 1. The summed E-state index contributed by atoms with van der Waals surface area (Å²) in [6.07, 6.45) is 0. The highest BCUT2D eigenvalue weighted by molar-refractivity contribution is 5.91. The van der Waals surface area contributed by atoms with E-state index in [-0.39, 0.29) is 17.9 Å². The van der Waals surface area contributed by atoms with E-state index in [1.54, 1.807) is 26.8 Å². The first-order valence-corrected chi connectivity index (χ1v) is 5.64. The third-order valence-electron chi connectivity index (χ3n) is 3.10. The number of phenols is 1. The normalized spacial score (nSPS) is 13.4. The van der Waals surface area contributed by atoms with Crippen molar-refractivity contribution in [2.24, 2.45) is 11.1 Å². The van der Waals surface area contributed by atoms with Crippen LogP contribution in [0.25, 0.3) is 0 Å². The minimum Gasteiger partial charge on any atom is -0.507 e. The molecule has 0 aliphatic heterocycles. The largest absolute Gasteiger partial charge is 0.507 e. The molecule has 0 saturated heterocycles. The molecule has 0 bridgehead atoms. The second-order valence-electron chi connectivity index (χ2n) is 5.18. The Labute approximate surface area is 106 Å². The average Bonchev–Trinajstić information content (AvgIpc) is 2.30. The van der Waals surface area contributed by atoms with E-state index in [2.05, 4.69) is 0 Å². The summed E-state index contributed by atoms with van der Waals surface area (Å²) in [5.74, 6) is -1.53. The van der Waals surface area contributed by atoms with Gasteiger partial charge in [-0.25, -0.2) is 4.79 Å². The molecule has 100 valence electrons. The monoisotopic (exact) mass is 253 g/mol. The molecule has 0 aliphatic rings. The zero-order valence-corrected chi connectivity index (χ0v) is 10.8. The lowest BCUT2D eigenvalue weighted by Crippen LogP contribution is -2.32. The van der Waals surface area contributed by atoms with Gasteiger partial charge in [0.2, 0.25) is 0 Å². The maximum Gasteiger partial charge on any atom is 0.339 e. The molecule has 1 rings (SSSR count). The molecule has 0 radical (unpaired) electrons. The number of aromatic carboxylic acids is 1. The van der Waals surface area contributed by atoms with Crippen LogP contribution in [0.3, 0.4) is 0 Å². The Morgan fingerprint density at radius 3 is 2.44 bits per heavy atom. The van der Waals surface area contributed by atoms with Crippen molar-refractivity contribution in [1.29, 1.82) is 0 Å². The molecule has 5 heteroatoms. The molecular formula is C13H19NO4. The Kier molecular flexibility index (Phi) is 3.98. The number of benzene rings is 1. The van der Waals surface area contributed by atoms with Crippen LogP contribution in [0.5, 0.6) is 5.75 Å². The third-order valence-corrected chi connectivity index (χ3v) is 3.10. The van der Waals surface area contributed by atoms with Gasteiger partial charge in [-0.1, -0.05) is 19.9 Å². The molecule has 5 N–H and O–H groups in total. The predicted octanol–water partition coefficient (Wildman–Crippen LogP) is 1.42. The van der Waals surface area contributed by atoms with Crippen LogP contribution in [-0.2, 0) is 0 Å². The van der Waals surface area contributed by atoms with Crippen LogP contribution in [-0.4, -0.2) is 27.9 Å². The molecule has 0 aliphatic carbocycles. The van der Waals surface area contributed by atoms with Crippen molar-refractivity contribution < 1.29 is 20.1 Å². The van der Waals surface area contributed by atoms with E-state index >= 15 is 0 Å². The van der Waals surface area contributed by atoms with Crippen molar-refractivity contribution in [3.05, 3.63) is 28.8 Å². The van der Waals surface area contributed by atoms with E-state index in [9.17, 15) is 15.0 Å². The molecule has 0 amide bonds. The van der Waals surface area contributed by atoms with E-state index < -0.39 is 17.4 Å². The standard InChI is InChI=1S/C13H19NO4/c1-7-4-8(11(14)13(2,3)6-15)10(16)9(5-7)12(17)18/h4-5,11,15-16H,6,14H2,1-3H3,(H,17,18)/t11-/m0/s1. The highest BCUT2D eigenvalue weighted by Gasteiger charge is 2.30. The number of aryl methyl sites for hydroxylation is 1. The molecule has 1 aromatic rings. The molecule has 0 spiro atoms. The Morgan fingerprint density at radius 2 is 2.00 bits per heavy atom. The summed E-state index contributed by atoms with van der Waals surface area (Å²) < 4.78 is 0. The summed E-state index contributed by atoms with van der Waals surface area (Å²) in [6.45, 7) is 5.07. The van der Waals surface area contributed by atoms with Gasteiger partial charge in [-0.2, -0.15) is 0 Å². The van der Waals surface area contributed by atoms with Crippen LogP contribution < -0.4 is 5.73 Å². The first-order valence-electron chi connectivity index (χ1n) is 5.64. The molecule has 1 atom stereocenters. The van der Waals surface area contributed by atoms with Crippen molar-refractivity contribution in [2.45, 2.75) is 26.8 Å². The maximum absolute atomic E-state index is 11.0. The summed E-state index contributed by atoms with van der Waals surface area (Å²) in [5.41, 5.74) is 6.22. The molecule has 0 aromatic heterocycles. The van der Waals surface area contributed by atoms with Crippen LogP contribution in [0, 0.1) is 12.3 Å². The number of hydrogen-bond acceptors (Lipinski definition) is 4. The molecule has 1 aromatic carbocycles. The summed E-state index contributed by atoms with van der Waals surface area (Å²) in [4.78, 5) is 11.0. The summed E-state index contributed by atoms with van der Waals surface area (Å²) in [6, 6.07) is 2.38. The van der Waals surface area contributed by atoms with E-state index in [1.165, 1.54) is 6.07 Å². The lowest BCUT2D eigenvalue weighted by Gasteiger charge is -2.30. The van der Waals surface area contributed by atoms with E-state index in [0.29, 0.717) is 11.1 Å². The first-order chi connectivity index (χ1) is 8.20. The average molecular weight is 253 g/mol. The van der Waals surface area contributed by atoms with Crippen LogP contribution in [0.15, 0.2) is 12.1 Å². The first kappa shape index (κ1) is 14.5.